The van der Waals surface area contributed by atoms with Gasteiger partial charge in [0.1, 0.15) is 11.4 Å². The molecule has 0 spiro atoms. The number of hydrogen-bond donors (Lipinski definition) is 0. The molecule has 0 saturated carbocycles. The molecule has 3 heterocycles. The number of fused-ring (bicyclic) bond motifs is 3. The number of morpholine rings is 1. The molecule has 7 heteroatoms. The number of hydrogen-bond acceptors (Lipinski definition) is 5. The highest BCUT2D eigenvalue weighted by atomic mass is 32.1. The molecule has 2 aliphatic rings. The van der Waals surface area contributed by atoms with E-state index in [2.05, 4.69) is 11.9 Å². The Morgan fingerprint density at radius 3 is 2.77 bits per heavy atom. The topological polar surface area (TPSA) is 64.4 Å². The minimum Gasteiger partial charge on any atom is -0.372 e. The van der Waals surface area contributed by atoms with E-state index in [4.69, 9.17) is 4.74 Å². The Labute approximate surface area is 156 Å². The summed E-state index contributed by atoms with van der Waals surface area (Å²) in [7, 11) is 0. The van der Waals surface area contributed by atoms with E-state index >= 15 is 0 Å². The van der Waals surface area contributed by atoms with E-state index in [1.54, 1.807) is 16.2 Å². The molecular weight excluding hydrogens is 350 g/mol. The first kappa shape index (κ1) is 17.7. The lowest BCUT2D eigenvalue weighted by Crippen LogP contribution is -2.49. The second-order valence-corrected chi connectivity index (χ2v) is 8.85. The molecule has 1 aliphatic carbocycles. The van der Waals surface area contributed by atoms with Gasteiger partial charge in [-0.15, -0.1) is 11.3 Å². The quantitative estimate of drug-likeness (QED) is 0.807. The normalized spacial score (nSPS) is 26.1. The summed E-state index contributed by atoms with van der Waals surface area (Å²) in [5.41, 5.74) is 1.08. The highest BCUT2D eigenvalue weighted by Crippen LogP contribution is 2.35. The molecule has 0 radical (unpaired) electrons. The van der Waals surface area contributed by atoms with E-state index in [1.165, 1.54) is 15.8 Å². The SMILES string of the molecule is C[C@H]1CCc2c(sc3ncn(CC(=O)N4C[C@@H](C)O[C@H](C)C4)c(=O)c23)C1. The number of rotatable bonds is 2. The second kappa shape index (κ2) is 6.78. The molecule has 0 unspecified atom stereocenters. The van der Waals surface area contributed by atoms with E-state index < -0.39 is 0 Å². The zero-order valence-corrected chi connectivity index (χ0v) is 16.3. The summed E-state index contributed by atoms with van der Waals surface area (Å²) >= 11 is 1.64. The van der Waals surface area contributed by atoms with Crippen molar-refractivity contribution >= 4 is 27.5 Å². The van der Waals surface area contributed by atoms with Crippen molar-refractivity contribution in [3.8, 4) is 0 Å². The summed E-state index contributed by atoms with van der Waals surface area (Å²) in [5.74, 6) is 0.609. The highest BCUT2D eigenvalue weighted by Gasteiger charge is 2.27. The number of thiophene rings is 1. The van der Waals surface area contributed by atoms with E-state index in [0.29, 0.717) is 19.0 Å². The van der Waals surface area contributed by atoms with Gasteiger partial charge < -0.3 is 9.64 Å². The lowest BCUT2D eigenvalue weighted by molar-refractivity contribution is -0.143. The monoisotopic (exact) mass is 375 g/mol. The lowest BCUT2D eigenvalue weighted by Gasteiger charge is -2.35. The van der Waals surface area contributed by atoms with Gasteiger partial charge in [-0.05, 0) is 44.6 Å². The van der Waals surface area contributed by atoms with Crippen LogP contribution in [-0.4, -0.2) is 45.7 Å². The van der Waals surface area contributed by atoms with Crippen molar-refractivity contribution in [1.82, 2.24) is 14.5 Å². The van der Waals surface area contributed by atoms with Gasteiger partial charge in [0.05, 0.1) is 23.9 Å². The Hall–Kier alpha value is -1.73. The lowest BCUT2D eigenvalue weighted by atomic mass is 9.89. The standard InChI is InChI=1S/C19H25N3O3S/c1-11-4-5-14-15(6-11)26-18-17(14)19(24)22(10-20-18)9-16(23)21-7-12(2)25-13(3)8-21/h10-13H,4-9H2,1-3H3/t11-,12+,13+/m0/s1. The zero-order valence-electron chi connectivity index (χ0n) is 15.5. The van der Waals surface area contributed by atoms with Crippen molar-refractivity contribution in [3.05, 3.63) is 27.1 Å². The molecule has 0 bridgehead atoms. The van der Waals surface area contributed by atoms with Gasteiger partial charge >= 0.3 is 0 Å². The minimum atomic E-state index is -0.0789. The molecular formula is C19H25N3O3S. The average molecular weight is 375 g/mol. The van der Waals surface area contributed by atoms with Crippen LogP contribution in [-0.2, 0) is 28.9 Å². The maximum Gasteiger partial charge on any atom is 0.262 e. The van der Waals surface area contributed by atoms with Crippen LogP contribution in [0.2, 0.25) is 0 Å². The van der Waals surface area contributed by atoms with Gasteiger partial charge in [0.15, 0.2) is 0 Å². The van der Waals surface area contributed by atoms with Crippen molar-refractivity contribution in [2.45, 2.75) is 58.8 Å². The fraction of sp³-hybridized carbons (Fsp3) is 0.632. The summed E-state index contributed by atoms with van der Waals surface area (Å²) in [6, 6.07) is 0. The van der Waals surface area contributed by atoms with E-state index in [0.717, 1.165) is 35.0 Å². The summed E-state index contributed by atoms with van der Waals surface area (Å²) < 4.78 is 7.16. The number of aryl methyl sites for hydroxylation is 1. The molecule has 1 aliphatic heterocycles. The maximum absolute atomic E-state index is 13.0. The van der Waals surface area contributed by atoms with Crippen LogP contribution in [0.4, 0.5) is 0 Å². The van der Waals surface area contributed by atoms with Crippen molar-refractivity contribution < 1.29 is 9.53 Å². The molecule has 1 amide bonds. The summed E-state index contributed by atoms with van der Waals surface area (Å²) in [6.07, 6.45) is 4.64. The van der Waals surface area contributed by atoms with Crippen molar-refractivity contribution in [1.29, 1.82) is 0 Å². The summed E-state index contributed by atoms with van der Waals surface area (Å²) in [6.45, 7) is 7.37. The molecule has 0 N–H and O–H groups in total. The number of nitrogens with zero attached hydrogens (tertiary/aromatic N) is 3. The highest BCUT2D eigenvalue weighted by molar-refractivity contribution is 7.18. The number of aromatic nitrogens is 2. The van der Waals surface area contributed by atoms with Crippen LogP contribution in [0, 0.1) is 5.92 Å². The first-order valence-electron chi connectivity index (χ1n) is 9.35. The first-order chi connectivity index (χ1) is 12.4. The minimum absolute atomic E-state index is 0.0194. The molecule has 0 aromatic carbocycles. The maximum atomic E-state index is 13.0. The number of carbonyl (C=O) groups excluding carboxylic acids is 1. The van der Waals surface area contributed by atoms with Crippen molar-refractivity contribution in [2.24, 2.45) is 5.92 Å². The fourth-order valence-corrected chi connectivity index (χ4v) is 5.45. The van der Waals surface area contributed by atoms with Crippen LogP contribution in [0.3, 0.4) is 0 Å². The Morgan fingerprint density at radius 1 is 1.31 bits per heavy atom. The fourth-order valence-electron chi connectivity index (χ4n) is 4.11. The predicted molar refractivity (Wildman–Crippen MR) is 102 cm³/mol. The smallest absolute Gasteiger partial charge is 0.262 e. The molecule has 4 rings (SSSR count). The average Bonchev–Trinajstić information content (AvgIpc) is 2.94. The largest absolute Gasteiger partial charge is 0.372 e. The van der Waals surface area contributed by atoms with Gasteiger partial charge in [-0.2, -0.15) is 0 Å². The van der Waals surface area contributed by atoms with Gasteiger partial charge in [-0.3, -0.25) is 14.2 Å². The van der Waals surface area contributed by atoms with Crippen molar-refractivity contribution in [3.63, 3.8) is 0 Å². The summed E-state index contributed by atoms with van der Waals surface area (Å²) in [4.78, 5) is 34.1. The van der Waals surface area contributed by atoms with Crippen LogP contribution in [0.15, 0.2) is 11.1 Å². The summed E-state index contributed by atoms with van der Waals surface area (Å²) in [5, 5.41) is 0.732. The molecule has 1 fully saturated rings. The molecule has 3 atom stereocenters. The number of ether oxygens (including phenoxy) is 1. The van der Waals surface area contributed by atoms with Crippen LogP contribution in [0.1, 0.15) is 37.6 Å². The predicted octanol–water partition coefficient (Wildman–Crippen LogP) is 2.22. The zero-order chi connectivity index (χ0) is 18.4. The van der Waals surface area contributed by atoms with E-state index in [-0.39, 0.29) is 30.2 Å². The van der Waals surface area contributed by atoms with Gasteiger partial charge in [0.2, 0.25) is 5.91 Å². The number of carbonyl (C=O) groups is 1. The first-order valence-corrected chi connectivity index (χ1v) is 10.2. The third kappa shape index (κ3) is 3.18. The van der Waals surface area contributed by atoms with Crippen molar-refractivity contribution in [2.75, 3.05) is 13.1 Å². The van der Waals surface area contributed by atoms with Crippen LogP contribution < -0.4 is 5.56 Å². The Bertz CT molecular complexity index is 893. The molecule has 140 valence electrons. The van der Waals surface area contributed by atoms with Gasteiger partial charge in [0, 0.05) is 18.0 Å². The molecule has 26 heavy (non-hydrogen) atoms. The van der Waals surface area contributed by atoms with Gasteiger partial charge in [-0.25, -0.2) is 4.98 Å². The third-order valence-electron chi connectivity index (χ3n) is 5.36. The molecule has 2 aromatic heterocycles. The van der Waals surface area contributed by atoms with E-state index in [1.807, 2.05) is 13.8 Å². The Balaban J connectivity index is 1.62. The van der Waals surface area contributed by atoms with Crippen LogP contribution in [0.25, 0.3) is 10.2 Å². The second-order valence-electron chi connectivity index (χ2n) is 7.77. The Kier molecular flexibility index (Phi) is 4.61. The number of amides is 1. The van der Waals surface area contributed by atoms with Gasteiger partial charge in [-0.1, -0.05) is 6.92 Å². The van der Waals surface area contributed by atoms with E-state index in [9.17, 15) is 9.59 Å². The van der Waals surface area contributed by atoms with Crippen LogP contribution >= 0.6 is 11.3 Å². The van der Waals surface area contributed by atoms with Crippen LogP contribution in [0.5, 0.6) is 0 Å². The van der Waals surface area contributed by atoms with Gasteiger partial charge in [0.25, 0.3) is 5.56 Å². The molecule has 1 saturated heterocycles. The molecule has 6 nitrogen and oxygen atoms in total. The molecule has 2 aromatic rings. The third-order valence-corrected chi connectivity index (χ3v) is 6.52. The Morgan fingerprint density at radius 2 is 2.04 bits per heavy atom.